The lowest BCUT2D eigenvalue weighted by atomic mass is 9.95. The molecule has 37 heavy (non-hydrogen) atoms. The lowest BCUT2D eigenvalue weighted by molar-refractivity contribution is -0.139. The molecule has 1 atom stereocenters. The Morgan fingerprint density at radius 3 is 2.41 bits per heavy atom. The first-order valence-corrected chi connectivity index (χ1v) is 14.8. The fourth-order valence-electron chi connectivity index (χ4n) is 4.41. The van der Waals surface area contributed by atoms with E-state index in [1.807, 2.05) is 0 Å². The van der Waals surface area contributed by atoms with Crippen molar-refractivity contribution in [2.24, 2.45) is 0 Å². The van der Waals surface area contributed by atoms with Gasteiger partial charge in [0, 0.05) is 17.6 Å². The minimum absolute atomic E-state index is 0.0702. The highest BCUT2D eigenvalue weighted by Gasteiger charge is 2.31. The van der Waals surface area contributed by atoms with Crippen molar-refractivity contribution in [1.29, 1.82) is 0 Å². The van der Waals surface area contributed by atoms with Gasteiger partial charge >= 0.3 is 0 Å². The van der Waals surface area contributed by atoms with E-state index < -0.39 is 28.5 Å². The largest absolute Gasteiger partial charge is 0.495 e. The molecule has 3 rings (SSSR count). The molecule has 1 saturated carbocycles. The van der Waals surface area contributed by atoms with E-state index in [4.69, 9.17) is 27.9 Å². The highest BCUT2D eigenvalue weighted by molar-refractivity contribution is 7.92. The van der Waals surface area contributed by atoms with Crippen molar-refractivity contribution < 1.29 is 22.7 Å². The smallest absolute Gasteiger partial charge is 0.244 e. The number of hydrogen-bond acceptors (Lipinski definition) is 5. The summed E-state index contributed by atoms with van der Waals surface area (Å²) in [6, 6.07) is 10.7. The van der Waals surface area contributed by atoms with E-state index in [-0.39, 0.29) is 29.2 Å². The first kappa shape index (κ1) is 29.1. The fourth-order valence-corrected chi connectivity index (χ4v) is 5.71. The predicted octanol–water partition coefficient (Wildman–Crippen LogP) is 4.63. The molecule has 2 aromatic carbocycles. The Morgan fingerprint density at radius 1 is 1.11 bits per heavy atom. The van der Waals surface area contributed by atoms with Crippen LogP contribution in [0.2, 0.25) is 10.0 Å². The van der Waals surface area contributed by atoms with E-state index in [1.54, 1.807) is 31.2 Å². The molecule has 1 N–H and O–H groups in total. The minimum atomic E-state index is -3.87. The van der Waals surface area contributed by atoms with Gasteiger partial charge in [-0.2, -0.15) is 0 Å². The Balaban J connectivity index is 1.89. The maximum Gasteiger partial charge on any atom is 0.244 e. The van der Waals surface area contributed by atoms with Gasteiger partial charge in [0.15, 0.2) is 0 Å². The van der Waals surface area contributed by atoms with Gasteiger partial charge in [0.1, 0.15) is 18.3 Å². The molecule has 11 heteroatoms. The molecule has 202 valence electrons. The summed E-state index contributed by atoms with van der Waals surface area (Å²) in [7, 11) is -2.42. The number of sulfonamides is 1. The van der Waals surface area contributed by atoms with Crippen LogP contribution in [0, 0.1) is 0 Å². The lowest BCUT2D eigenvalue weighted by Gasteiger charge is -2.33. The summed E-state index contributed by atoms with van der Waals surface area (Å²) in [5, 5.41) is 3.77. The van der Waals surface area contributed by atoms with Crippen molar-refractivity contribution in [2.75, 3.05) is 24.2 Å². The number of nitrogens with zero attached hydrogens (tertiary/aromatic N) is 2. The van der Waals surface area contributed by atoms with Crippen LogP contribution in [-0.4, -0.2) is 57.1 Å². The molecule has 1 aliphatic carbocycles. The van der Waals surface area contributed by atoms with Gasteiger partial charge in [-0.15, -0.1) is 0 Å². The highest BCUT2D eigenvalue weighted by Crippen LogP contribution is 2.30. The zero-order valence-corrected chi connectivity index (χ0v) is 23.6. The maximum atomic E-state index is 13.7. The van der Waals surface area contributed by atoms with Crippen molar-refractivity contribution in [2.45, 2.75) is 57.7 Å². The van der Waals surface area contributed by atoms with Gasteiger partial charge in [0.05, 0.1) is 24.1 Å². The number of methoxy groups -OCH3 is 1. The molecule has 0 aliphatic heterocycles. The van der Waals surface area contributed by atoms with Crippen molar-refractivity contribution >= 4 is 50.7 Å². The average molecular weight is 571 g/mol. The Labute approximate surface area is 228 Å². The van der Waals surface area contributed by atoms with Crippen molar-refractivity contribution in [3.63, 3.8) is 0 Å². The van der Waals surface area contributed by atoms with Gasteiger partial charge in [-0.3, -0.25) is 13.9 Å². The number of amides is 2. The molecule has 0 heterocycles. The summed E-state index contributed by atoms with van der Waals surface area (Å²) >= 11 is 12.4. The number of anilines is 1. The number of benzene rings is 2. The summed E-state index contributed by atoms with van der Waals surface area (Å²) < 4.78 is 31.5. The van der Waals surface area contributed by atoms with Crippen molar-refractivity contribution in [1.82, 2.24) is 10.2 Å². The summed E-state index contributed by atoms with van der Waals surface area (Å²) in [6.45, 7) is 1.22. The van der Waals surface area contributed by atoms with Crippen LogP contribution in [0.25, 0.3) is 0 Å². The van der Waals surface area contributed by atoms with Crippen LogP contribution in [0.15, 0.2) is 42.5 Å². The normalized spacial score (nSPS) is 15.1. The van der Waals surface area contributed by atoms with Gasteiger partial charge in [0.25, 0.3) is 0 Å². The van der Waals surface area contributed by atoms with E-state index in [2.05, 4.69) is 5.32 Å². The zero-order chi connectivity index (χ0) is 27.2. The van der Waals surface area contributed by atoms with Crippen molar-refractivity contribution in [3.8, 4) is 5.75 Å². The third-order valence-electron chi connectivity index (χ3n) is 6.46. The number of halogens is 2. The van der Waals surface area contributed by atoms with E-state index in [1.165, 1.54) is 30.2 Å². The molecule has 1 fully saturated rings. The number of nitrogens with one attached hydrogen (secondary N) is 1. The van der Waals surface area contributed by atoms with Crippen LogP contribution < -0.4 is 14.4 Å². The second-order valence-corrected chi connectivity index (χ2v) is 12.0. The molecule has 8 nitrogen and oxygen atoms in total. The number of carbonyl (C=O) groups excluding carboxylic acids is 2. The third-order valence-corrected chi connectivity index (χ3v) is 8.13. The van der Waals surface area contributed by atoms with E-state index in [0.29, 0.717) is 10.8 Å². The first-order valence-electron chi connectivity index (χ1n) is 12.1. The third kappa shape index (κ3) is 7.99. The standard InChI is InChI=1S/C26H33Cl2N3O5S/c1-18(26(33)29-21-10-5-4-6-11-21)30(16-19-8-7-9-20(27)14-19)25(32)17-31(37(3,34)35)22-12-13-24(36-2)23(28)15-22/h7-9,12-15,18,21H,4-6,10-11,16-17H2,1-3H3,(H,29,33)/t18-/m0/s1. The molecule has 0 aromatic heterocycles. The molecular formula is C26H33Cl2N3O5S. The van der Waals surface area contributed by atoms with Crippen LogP contribution >= 0.6 is 23.2 Å². The molecule has 1 aliphatic rings. The van der Waals surface area contributed by atoms with Crippen LogP contribution in [0.5, 0.6) is 5.75 Å². The second-order valence-electron chi connectivity index (χ2n) is 9.26. The Hall–Kier alpha value is -2.49. The highest BCUT2D eigenvalue weighted by atomic mass is 35.5. The molecule has 0 saturated heterocycles. The Morgan fingerprint density at radius 2 is 1.81 bits per heavy atom. The first-order chi connectivity index (χ1) is 17.5. The van der Waals surface area contributed by atoms with Gasteiger partial charge in [0.2, 0.25) is 21.8 Å². The van der Waals surface area contributed by atoms with Crippen LogP contribution in [-0.2, 0) is 26.2 Å². The SMILES string of the molecule is COc1ccc(N(CC(=O)N(Cc2cccc(Cl)c2)[C@@H](C)C(=O)NC2CCCCC2)S(C)(=O)=O)cc1Cl. The molecule has 0 unspecified atom stereocenters. The summed E-state index contributed by atoms with van der Waals surface area (Å²) in [6.07, 6.45) is 6.08. The quantitative estimate of drug-likeness (QED) is 0.449. The maximum absolute atomic E-state index is 13.7. The summed E-state index contributed by atoms with van der Waals surface area (Å²) in [5.41, 5.74) is 0.931. The van der Waals surface area contributed by atoms with Crippen LogP contribution in [0.3, 0.4) is 0 Å². The molecule has 0 radical (unpaired) electrons. The summed E-state index contributed by atoms with van der Waals surface area (Å²) in [4.78, 5) is 28.2. The molecule has 2 amide bonds. The lowest BCUT2D eigenvalue weighted by Crippen LogP contribution is -2.52. The Kier molecular flexibility index (Phi) is 10.1. The summed E-state index contributed by atoms with van der Waals surface area (Å²) in [5.74, 6) is -0.440. The van der Waals surface area contributed by atoms with Gasteiger partial charge in [-0.1, -0.05) is 54.6 Å². The van der Waals surface area contributed by atoms with Gasteiger partial charge in [-0.25, -0.2) is 8.42 Å². The fraction of sp³-hybridized carbons (Fsp3) is 0.462. The predicted molar refractivity (Wildman–Crippen MR) is 147 cm³/mol. The topological polar surface area (TPSA) is 96.0 Å². The molecular weight excluding hydrogens is 537 g/mol. The van der Waals surface area contributed by atoms with Crippen molar-refractivity contribution in [3.05, 3.63) is 58.1 Å². The molecule has 2 aromatic rings. The van der Waals surface area contributed by atoms with Crippen LogP contribution in [0.4, 0.5) is 5.69 Å². The van der Waals surface area contributed by atoms with E-state index in [0.717, 1.165) is 48.2 Å². The van der Waals surface area contributed by atoms with Gasteiger partial charge in [-0.05, 0) is 55.7 Å². The minimum Gasteiger partial charge on any atom is -0.495 e. The van der Waals surface area contributed by atoms with Gasteiger partial charge < -0.3 is 15.0 Å². The number of ether oxygens (including phenoxy) is 1. The monoisotopic (exact) mass is 569 g/mol. The van der Waals surface area contributed by atoms with E-state index >= 15 is 0 Å². The average Bonchev–Trinajstić information content (AvgIpc) is 2.85. The second kappa shape index (κ2) is 12.8. The van der Waals surface area contributed by atoms with E-state index in [9.17, 15) is 18.0 Å². The Bertz CT molecular complexity index is 1220. The number of carbonyl (C=O) groups is 2. The number of rotatable bonds is 10. The molecule has 0 spiro atoms. The zero-order valence-electron chi connectivity index (χ0n) is 21.2. The molecule has 0 bridgehead atoms. The number of hydrogen-bond donors (Lipinski definition) is 1. The van der Waals surface area contributed by atoms with Crippen LogP contribution in [0.1, 0.15) is 44.6 Å².